The highest BCUT2D eigenvalue weighted by Crippen LogP contribution is 2.24. The van der Waals surface area contributed by atoms with Crippen molar-refractivity contribution in [1.82, 2.24) is 14.5 Å². The zero-order valence-corrected chi connectivity index (χ0v) is 13.4. The number of aromatic nitrogens is 3. The van der Waals surface area contributed by atoms with E-state index >= 15 is 0 Å². The number of non-ortho nitro benzene ring substituents is 1. The Hall–Kier alpha value is -3.36. The smallest absolute Gasteiger partial charge is 0.271 e. The Labute approximate surface area is 141 Å². The molecule has 9 heteroatoms. The lowest BCUT2D eigenvalue weighted by Gasteiger charge is -2.13. The van der Waals surface area contributed by atoms with Crippen LogP contribution >= 0.6 is 0 Å². The summed E-state index contributed by atoms with van der Waals surface area (Å²) in [5.74, 6) is -0.643. The minimum Gasteiger partial charge on any atom is -0.321 e. The number of benzene rings is 1. The van der Waals surface area contributed by atoms with Crippen LogP contribution in [0.4, 0.5) is 21.7 Å². The summed E-state index contributed by atoms with van der Waals surface area (Å²) >= 11 is 0. The predicted octanol–water partition coefficient (Wildman–Crippen LogP) is 3.16. The summed E-state index contributed by atoms with van der Waals surface area (Å²) in [5, 5.41) is 14.1. The molecular formula is C16H14FN5O3. The molecule has 0 unspecified atom stereocenters. The maximum atomic E-state index is 13.9. The highest BCUT2D eigenvalue weighted by Gasteiger charge is 2.13. The molecule has 0 aliphatic heterocycles. The molecule has 0 amide bonds. The molecule has 2 aromatic heterocycles. The summed E-state index contributed by atoms with van der Waals surface area (Å²) in [6.45, 7) is 3.69. The van der Waals surface area contributed by atoms with Crippen molar-refractivity contribution < 1.29 is 9.31 Å². The van der Waals surface area contributed by atoms with Crippen LogP contribution in [0.3, 0.4) is 0 Å². The van der Waals surface area contributed by atoms with Crippen LogP contribution in [0.1, 0.15) is 19.9 Å². The van der Waals surface area contributed by atoms with E-state index < -0.39 is 10.7 Å². The summed E-state index contributed by atoms with van der Waals surface area (Å²) in [5.41, 5.74) is -0.203. The van der Waals surface area contributed by atoms with Gasteiger partial charge in [0.05, 0.1) is 10.6 Å². The summed E-state index contributed by atoms with van der Waals surface area (Å²) in [7, 11) is 0. The van der Waals surface area contributed by atoms with Crippen LogP contribution in [-0.4, -0.2) is 19.5 Å². The second-order valence-corrected chi connectivity index (χ2v) is 5.65. The highest BCUT2D eigenvalue weighted by molar-refractivity contribution is 5.76. The quantitative estimate of drug-likeness (QED) is 0.576. The standard InChI is InChI=1S/C16H14FN5O3/c1-9(2)21-14(23)6-3-10-8-18-16(20-15(10)21)19-13-7-11(22(24)25)4-5-12(13)17/h3-9H,1-2H3,(H,18,19,20). The van der Waals surface area contributed by atoms with Gasteiger partial charge < -0.3 is 5.32 Å². The number of nitrogens with one attached hydrogen (secondary N) is 1. The molecule has 128 valence electrons. The first kappa shape index (κ1) is 16.5. The third-order valence-corrected chi connectivity index (χ3v) is 3.59. The number of anilines is 2. The van der Waals surface area contributed by atoms with Gasteiger partial charge in [-0.05, 0) is 26.0 Å². The van der Waals surface area contributed by atoms with E-state index in [2.05, 4.69) is 15.3 Å². The largest absolute Gasteiger partial charge is 0.321 e. The van der Waals surface area contributed by atoms with Crippen molar-refractivity contribution in [2.24, 2.45) is 0 Å². The third-order valence-electron chi connectivity index (χ3n) is 3.59. The molecule has 2 heterocycles. The molecule has 0 bridgehead atoms. The lowest BCUT2D eigenvalue weighted by atomic mass is 10.2. The van der Waals surface area contributed by atoms with Crippen molar-refractivity contribution in [1.29, 1.82) is 0 Å². The minimum atomic E-state index is -0.677. The number of fused-ring (bicyclic) bond motifs is 1. The van der Waals surface area contributed by atoms with E-state index in [9.17, 15) is 19.3 Å². The Morgan fingerprint density at radius 3 is 2.72 bits per heavy atom. The maximum Gasteiger partial charge on any atom is 0.271 e. The molecule has 8 nitrogen and oxygen atoms in total. The molecule has 0 radical (unpaired) electrons. The van der Waals surface area contributed by atoms with Crippen molar-refractivity contribution in [3.63, 3.8) is 0 Å². The normalized spacial score (nSPS) is 11.0. The van der Waals surface area contributed by atoms with E-state index in [4.69, 9.17) is 0 Å². The number of hydrogen-bond acceptors (Lipinski definition) is 6. The van der Waals surface area contributed by atoms with Crippen LogP contribution < -0.4 is 10.9 Å². The van der Waals surface area contributed by atoms with Crippen molar-refractivity contribution in [2.45, 2.75) is 19.9 Å². The molecule has 0 fully saturated rings. The topological polar surface area (TPSA) is 103 Å². The molecule has 0 saturated heterocycles. The van der Waals surface area contributed by atoms with Crippen LogP contribution in [0, 0.1) is 15.9 Å². The zero-order valence-electron chi connectivity index (χ0n) is 13.4. The fourth-order valence-electron chi connectivity index (χ4n) is 2.44. The van der Waals surface area contributed by atoms with Gasteiger partial charge in [0, 0.05) is 35.8 Å². The average Bonchev–Trinajstić information content (AvgIpc) is 2.56. The molecule has 1 aromatic carbocycles. The molecule has 3 aromatic rings. The van der Waals surface area contributed by atoms with Crippen molar-refractivity contribution in [3.8, 4) is 0 Å². The SMILES string of the molecule is CC(C)n1c(=O)ccc2cnc(Nc3cc([N+](=O)[O-])ccc3F)nc21. The Kier molecular flexibility index (Phi) is 4.14. The summed E-state index contributed by atoms with van der Waals surface area (Å²) in [4.78, 5) is 30.6. The molecule has 1 N–H and O–H groups in total. The number of rotatable bonds is 4. The number of halogens is 1. The lowest BCUT2D eigenvalue weighted by Crippen LogP contribution is -2.22. The van der Waals surface area contributed by atoms with Crippen LogP contribution in [0.25, 0.3) is 11.0 Å². The molecule has 0 saturated carbocycles. The van der Waals surface area contributed by atoms with Crippen LogP contribution in [0.5, 0.6) is 0 Å². The van der Waals surface area contributed by atoms with E-state index in [-0.39, 0.29) is 28.9 Å². The van der Waals surface area contributed by atoms with E-state index in [1.165, 1.54) is 16.8 Å². The van der Waals surface area contributed by atoms with Gasteiger partial charge in [0.2, 0.25) is 5.95 Å². The number of nitro groups is 1. The molecule has 0 atom stereocenters. The number of nitrogens with zero attached hydrogens (tertiary/aromatic N) is 4. The molecule has 25 heavy (non-hydrogen) atoms. The fourth-order valence-corrected chi connectivity index (χ4v) is 2.44. The van der Waals surface area contributed by atoms with Gasteiger partial charge >= 0.3 is 0 Å². The Morgan fingerprint density at radius 2 is 2.04 bits per heavy atom. The third kappa shape index (κ3) is 3.16. The second-order valence-electron chi connectivity index (χ2n) is 5.65. The van der Waals surface area contributed by atoms with Gasteiger partial charge in [0.15, 0.2) is 0 Å². The van der Waals surface area contributed by atoms with Crippen molar-refractivity contribution in [3.05, 3.63) is 62.8 Å². The Bertz CT molecular complexity index is 1030. The highest BCUT2D eigenvalue weighted by atomic mass is 19.1. The van der Waals surface area contributed by atoms with E-state index in [0.717, 1.165) is 18.2 Å². The number of pyridine rings is 1. The van der Waals surface area contributed by atoms with Gasteiger partial charge in [-0.15, -0.1) is 0 Å². The first-order chi connectivity index (χ1) is 11.9. The summed E-state index contributed by atoms with van der Waals surface area (Å²) in [6.07, 6.45) is 1.50. The molecule has 0 aliphatic rings. The summed E-state index contributed by atoms with van der Waals surface area (Å²) < 4.78 is 15.4. The van der Waals surface area contributed by atoms with Gasteiger partial charge in [0.1, 0.15) is 11.5 Å². The van der Waals surface area contributed by atoms with Gasteiger partial charge in [-0.25, -0.2) is 9.37 Å². The summed E-state index contributed by atoms with van der Waals surface area (Å²) in [6, 6.07) is 6.02. The minimum absolute atomic E-state index is 0.0342. The predicted molar refractivity (Wildman–Crippen MR) is 90.5 cm³/mol. The average molecular weight is 343 g/mol. The second kappa shape index (κ2) is 6.27. The Balaban J connectivity index is 2.09. The zero-order chi connectivity index (χ0) is 18.1. The fraction of sp³-hybridized carbons (Fsp3) is 0.188. The Morgan fingerprint density at radius 1 is 1.28 bits per heavy atom. The van der Waals surface area contributed by atoms with E-state index in [1.54, 1.807) is 6.07 Å². The van der Waals surface area contributed by atoms with Crippen molar-refractivity contribution in [2.75, 3.05) is 5.32 Å². The van der Waals surface area contributed by atoms with Crippen molar-refractivity contribution >= 4 is 28.4 Å². The number of nitro benzene ring substituents is 1. The van der Waals surface area contributed by atoms with Crippen LogP contribution in [0.15, 0.2) is 41.3 Å². The van der Waals surface area contributed by atoms with Gasteiger partial charge in [0.25, 0.3) is 11.2 Å². The number of hydrogen-bond donors (Lipinski definition) is 1. The molecule has 0 spiro atoms. The monoisotopic (exact) mass is 343 g/mol. The lowest BCUT2D eigenvalue weighted by molar-refractivity contribution is -0.384. The van der Waals surface area contributed by atoms with Crippen LogP contribution in [-0.2, 0) is 0 Å². The van der Waals surface area contributed by atoms with E-state index in [1.807, 2.05) is 13.8 Å². The molecule has 3 rings (SSSR count). The van der Waals surface area contributed by atoms with Gasteiger partial charge in [-0.2, -0.15) is 4.98 Å². The van der Waals surface area contributed by atoms with Gasteiger partial charge in [-0.1, -0.05) is 0 Å². The van der Waals surface area contributed by atoms with Crippen LogP contribution in [0.2, 0.25) is 0 Å². The first-order valence-electron chi connectivity index (χ1n) is 7.46. The first-order valence-corrected chi connectivity index (χ1v) is 7.46. The molecular weight excluding hydrogens is 329 g/mol. The van der Waals surface area contributed by atoms with E-state index in [0.29, 0.717) is 11.0 Å². The maximum absolute atomic E-state index is 13.9. The molecule has 0 aliphatic carbocycles. The van der Waals surface area contributed by atoms with Gasteiger partial charge in [-0.3, -0.25) is 19.5 Å².